The average molecular weight is 221 g/mol. The summed E-state index contributed by atoms with van der Waals surface area (Å²) in [6, 6.07) is 7.31. The first-order valence-electron chi connectivity index (χ1n) is 5.01. The average Bonchev–Trinajstić information content (AvgIpc) is 2.27. The monoisotopic (exact) mass is 221 g/mol. The van der Waals surface area contributed by atoms with E-state index in [1.165, 1.54) is 6.92 Å². The lowest BCUT2D eigenvalue weighted by molar-refractivity contribution is -0.124. The van der Waals surface area contributed by atoms with Crippen LogP contribution in [0.4, 0.5) is 0 Å². The van der Waals surface area contributed by atoms with Gasteiger partial charge in [-0.15, -0.1) is 0 Å². The van der Waals surface area contributed by atoms with Crippen molar-refractivity contribution in [3.63, 3.8) is 0 Å². The number of ether oxygens (including phenoxy) is 1. The number of nitrogens with one attached hydrogen (secondary N) is 1. The number of carbonyl (C=O) groups excluding carboxylic acids is 2. The number of hydrogen-bond donors (Lipinski definition) is 1. The van der Waals surface area contributed by atoms with Crippen LogP contribution < -0.4 is 10.1 Å². The highest BCUT2D eigenvalue weighted by atomic mass is 16.5. The van der Waals surface area contributed by atoms with E-state index in [1.54, 1.807) is 13.2 Å². The molecule has 0 aliphatic carbocycles. The molecular weight excluding hydrogens is 206 g/mol. The number of methoxy groups -OCH3 is 1. The smallest absolute Gasteiger partial charge is 0.224 e. The van der Waals surface area contributed by atoms with E-state index < -0.39 is 0 Å². The molecule has 4 heteroatoms. The molecule has 1 N–H and O–H groups in total. The second-order valence-electron chi connectivity index (χ2n) is 3.47. The van der Waals surface area contributed by atoms with E-state index in [4.69, 9.17) is 4.74 Å². The van der Waals surface area contributed by atoms with Gasteiger partial charge in [0.25, 0.3) is 0 Å². The maximum atomic E-state index is 11.5. The topological polar surface area (TPSA) is 55.4 Å². The van der Waals surface area contributed by atoms with Gasteiger partial charge in [0.15, 0.2) is 0 Å². The Balaban J connectivity index is 2.58. The summed E-state index contributed by atoms with van der Waals surface area (Å²) in [5.41, 5.74) is 0.811. The Morgan fingerprint density at radius 2 is 2.00 bits per heavy atom. The van der Waals surface area contributed by atoms with Crippen LogP contribution in [0.3, 0.4) is 0 Å². The van der Waals surface area contributed by atoms with Gasteiger partial charge in [0.2, 0.25) is 5.91 Å². The second kappa shape index (κ2) is 5.90. The fourth-order valence-corrected chi connectivity index (χ4v) is 1.31. The molecule has 0 bridgehead atoms. The van der Waals surface area contributed by atoms with E-state index in [0.29, 0.717) is 5.75 Å². The molecule has 86 valence electrons. The second-order valence-corrected chi connectivity index (χ2v) is 3.47. The van der Waals surface area contributed by atoms with E-state index in [-0.39, 0.29) is 24.7 Å². The third-order valence-corrected chi connectivity index (χ3v) is 2.08. The molecule has 4 nitrogen and oxygen atoms in total. The Labute approximate surface area is 94.6 Å². The zero-order valence-corrected chi connectivity index (χ0v) is 9.45. The maximum absolute atomic E-state index is 11.5. The quantitative estimate of drug-likeness (QED) is 0.805. The van der Waals surface area contributed by atoms with Gasteiger partial charge in [-0.3, -0.25) is 9.59 Å². The van der Waals surface area contributed by atoms with Gasteiger partial charge in [0.1, 0.15) is 11.5 Å². The lowest BCUT2D eigenvalue weighted by Gasteiger charge is -2.07. The van der Waals surface area contributed by atoms with Crippen molar-refractivity contribution in [2.45, 2.75) is 13.3 Å². The van der Waals surface area contributed by atoms with Crippen LogP contribution in [0.2, 0.25) is 0 Å². The third-order valence-electron chi connectivity index (χ3n) is 2.08. The van der Waals surface area contributed by atoms with Crippen LogP contribution in [0.25, 0.3) is 0 Å². The molecule has 0 fully saturated rings. The number of Topliss-reactive ketones (excluding diaryl/α,β-unsaturated/α-hetero) is 1. The van der Waals surface area contributed by atoms with Crippen LogP contribution in [-0.2, 0) is 16.0 Å². The molecule has 1 amide bonds. The van der Waals surface area contributed by atoms with E-state index in [0.717, 1.165) is 5.56 Å². The molecule has 0 aliphatic heterocycles. The summed E-state index contributed by atoms with van der Waals surface area (Å²) in [5.74, 6) is 0.438. The molecule has 0 saturated carbocycles. The fourth-order valence-electron chi connectivity index (χ4n) is 1.31. The van der Waals surface area contributed by atoms with Gasteiger partial charge in [-0.05, 0) is 13.0 Å². The Bertz CT molecular complexity index is 388. The predicted molar refractivity (Wildman–Crippen MR) is 60.4 cm³/mol. The summed E-state index contributed by atoms with van der Waals surface area (Å²) >= 11 is 0. The number of hydrogen-bond acceptors (Lipinski definition) is 3. The largest absolute Gasteiger partial charge is 0.496 e. The van der Waals surface area contributed by atoms with Gasteiger partial charge in [0, 0.05) is 5.56 Å². The minimum Gasteiger partial charge on any atom is -0.496 e. The van der Waals surface area contributed by atoms with E-state index in [1.807, 2.05) is 18.2 Å². The molecule has 0 aliphatic rings. The zero-order valence-electron chi connectivity index (χ0n) is 9.45. The predicted octanol–water partition coefficient (Wildman–Crippen LogP) is 0.943. The number of benzene rings is 1. The molecule has 0 radical (unpaired) electrons. The van der Waals surface area contributed by atoms with Gasteiger partial charge in [-0.25, -0.2) is 0 Å². The third kappa shape index (κ3) is 3.73. The zero-order chi connectivity index (χ0) is 12.0. The Hall–Kier alpha value is -1.84. The normalized spacial score (nSPS) is 9.62. The van der Waals surface area contributed by atoms with Crippen molar-refractivity contribution < 1.29 is 14.3 Å². The van der Waals surface area contributed by atoms with Gasteiger partial charge < -0.3 is 10.1 Å². The number of carbonyl (C=O) groups is 2. The summed E-state index contributed by atoms with van der Waals surface area (Å²) in [5, 5.41) is 2.54. The van der Waals surface area contributed by atoms with E-state index in [9.17, 15) is 9.59 Å². The van der Waals surface area contributed by atoms with Crippen molar-refractivity contribution in [1.29, 1.82) is 0 Å². The minimum atomic E-state index is -0.181. The van der Waals surface area contributed by atoms with Crippen LogP contribution in [0.15, 0.2) is 24.3 Å². The molecule has 1 rings (SSSR count). The number of para-hydroxylation sites is 1. The summed E-state index contributed by atoms with van der Waals surface area (Å²) in [4.78, 5) is 22.2. The van der Waals surface area contributed by atoms with Crippen molar-refractivity contribution >= 4 is 11.7 Å². The van der Waals surface area contributed by atoms with Crippen molar-refractivity contribution in [2.75, 3.05) is 13.7 Å². The first-order valence-corrected chi connectivity index (χ1v) is 5.01. The Morgan fingerprint density at radius 1 is 1.31 bits per heavy atom. The molecular formula is C12H15NO3. The highest BCUT2D eigenvalue weighted by Gasteiger charge is 2.07. The van der Waals surface area contributed by atoms with Crippen LogP contribution in [0, 0.1) is 0 Å². The van der Waals surface area contributed by atoms with E-state index in [2.05, 4.69) is 5.32 Å². The molecule has 0 spiro atoms. The van der Waals surface area contributed by atoms with Crippen molar-refractivity contribution in [3.05, 3.63) is 29.8 Å². The van der Waals surface area contributed by atoms with Gasteiger partial charge in [-0.2, -0.15) is 0 Å². The summed E-state index contributed by atoms with van der Waals surface area (Å²) in [6.45, 7) is 1.51. The van der Waals surface area contributed by atoms with Crippen molar-refractivity contribution in [3.8, 4) is 5.75 Å². The number of rotatable bonds is 5. The highest BCUT2D eigenvalue weighted by molar-refractivity contribution is 5.85. The lowest BCUT2D eigenvalue weighted by Crippen LogP contribution is -2.29. The first kappa shape index (κ1) is 12.2. The van der Waals surface area contributed by atoms with Crippen molar-refractivity contribution in [2.24, 2.45) is 0 Å². The van der Waals surface area contributed by atoms with E-state index >= 15 is 0 Å². The van der Waals surface area contributed by atoms with Crippen LogP contribution in [0.5, 0.6) is 5.75 Å². The molecule has 1 aromatic carbocycles. The fraction of sp³-hybridized carbons (Fsp3) is 0.333. The summed E-state index contributed by atoms with van der Waals surface area (Å²) < 4.78 is 5.12. The number of amides is 1. The summed E-state index contributed by atoms with van der Waals surface area (Å²) in [6.07, 6.45) is 0.220. The Morgan fingerprint density at radius 3 is 2.62 bits per heavy atom. The molecule has 0 unspecified atom stereocenters. The summed E-state index contributed by atoms with van der Waals surface area (Å²) in [7, 11) is 1.56. The SMILES string of the molecule is COc1ccccc1CC(=O)NCC(C)=O. The lowest BCUT2D eigenvalue weighted by atomic mass is 10.1. The maximum Gasteiger partial charge on any atom is 0.224 e. The van der Waals surface area contributed by atoms with Gasteiger partial charge >= 0.3 is 0 Å². The molecule has 0 aromatic heterocycles. The minimum absolute atomic E-state index is 0.0617. The Kier molecular flexibility index (Phi) is 4.51. The molecule has 0 saturated heterocycles. The molecule has 1 aromatic rings. The highest BCUT2D eigenvalue weighted by Crippen LogP contribution is 2.17. The molecule has 16 heavy (non-hydrogen) atoms. The van der Waals surface area contributed by atoms with Gasteiger partial charge in [0.05, 0.1) is 20.1 Å². The standard InChI is InChI=1S/C12H15NO3/c1-9(14)8-13-12(15)7-10-5-3-4-6-11(10)16-2/h3-6H,7-8H2,1-2H3,(H,13,15). The van der Waals surface area contributed by atoms with Crippen LogP contribution >= 0.6 is 0 Å². The number of ketones is 1. The first-order chi connectivity index (χ1) is 7.63. The molecule has 0 heterocycles. The molecule has 0 atom stereocenters. The van der Waals surface area contributed by atoms with Gasteiger partial charge in [-0.1, -0.05) is 18.2 Å². The van der Waals surface area contributed by atoms with Crippen LogP contribution in [-0.4, -0.2) is 25.3 Å². The van der Waals surface area contributed by atoms with Crippen LogP contribution in [0.1, 0.15) is 12.5 Å². The van der Waals surface area contributed by atoms with Crippen molar-refractivity contribution in [1.82, 2.24) is 5.32 Å².